The van der Waals surface area contributed by atoms with Crippen LogP contribution in [0.2, 0.25) is 0 Å². The Bertz CT molecular complexity index is 788. The summed E-state index contributed by atoms with van der Waals surface area (Å²) in [7, 11) is 0. The van der Waals surface area contributed by atoms with Crippen molar-refractivity contribution in [3.05, 3.63) is 52.7 Å². The summed E-state index contributed by atoms with van der Waals surface area (Å²) < 4.78 is 5.31. The summed E-state index contributed by atoms with van der Waals surface area (Å²) >= 11 is 1.24. The summed E-state index contributed by atoms with van der Waals surface area (Å²) in [6.07, 6.45) is 1.45. The Hall–Kier alpha value is -2.14. The van der Waals surface area contributed by atoms with Gasteiger partial charge in [-0.05, 0) is 31.6 Å². The van der Waals surface area contributed by atoms with Crippen LogP contribution in [0, 0.1) is 6.92 Å². The molecule has 0 bridgehead atoms. The molecule has 1 aromatic carbocycles. The number of carbonyl (C=O) groups is 2. The van der Waals surface area contributed by atoms with Crippen molar-refractivity contribution in [3.8, 4) is 11.3 Å². The van der Waals surface area contributed by atoms with Crippen molar-refractivity contribution in [2.24, 2.45) is 0 Å². The number of benzene rings is 1. The van der Waals surface area contributed by atoms with Crippen molar-refractivity contribution in [2.45, 2.75) is 40.5 Å². The number of aryl methyl sites for hydroxylation is 1. The second-order valence-corrected chi connectivity index (χ2v) is 7.07. The van der Waals surface area contributed by atoms with Crippen molar-refractivity contribution < 1.29 is 14.3 Å². The lowest BCUT2D eigenvalue weighted by Crippen LogP contribution is -2.17. The molecule has 26 heavy (non-hydrogen) atoms. The van der Waals surface area contributed by atoms with E-state index < -0.39 is 5.97 Å². The summed E-state index contributed by atoms with van der Waals surface area (Å²) in [4.78, 5) is 30.2. The first-order valence-corrected chi connectivity index (χ1v) is 9.96. The Labute approximate surface area is 159 Å². The van der Waals surface area contributed by atoms with Gasteiger partial charge in [0.2, 0.25) is 5.12 Å². The monoisotopic (exact) mass is 371 g/mol. The highest BCUT2D eigenvalue weighted by Crippen LogP contribution is 2.32. The summed E-state index contributed by atoms with van der Waals surface area (Å²) in [5.41, 5.74) is 3.82. The fourth-order valence-corrected chi connectivity index (χ4v) is 3.65. The van der Waals surface area contributed by atoms with Gasteiger partial charge in [0.05, 0.1) is 29.1 Å². The SMILES string of the molecule is CCCc1c(C(=O)SCC)c(C)nc(-c2ccccc2)c1C(=O)OCC. The molecular weight excluding hydrogens is 346 g/mol. The molecule has 0 N–H and O–H groups in total. The van der Waals surface area contributed by atoms with Gasteiger partial charge < -0.3 is 4.74 Å². The van der Waals surface area contributed by atoms with Crippen molar-refractivity contribution in [1.29, 1.82) is 0 Å². The topological polar surface area (TPSA) is 56.3 Å². The number of pyridine rings is 1. The highest BCUT2D eigenvalue weighted by molar-refractivity contribution is 8.14. The molecule has 5 heteroatoms. The average molecular weight is 372 g/mol. The van der Waals surface area contributed by atoms with Crippen LogP contribution in [-0.2, 0) is 11.2 Å². The second-order valence-electron chi connectivity index (χ2n) is 5.83. The number of carbonyl (C=O) groups excluding carboxylic acids is 2. The smallest absolute Gasteiger partial charge is 0.340 e. The van der Waals surface area contributed by atoms with Gasteiger partial charge in [0.15, 0.2) is 0 Å². The Morgan fingerprint density at radius 1 is 1.08 bits per heavy atom. The van der Waals surface area contributed by atoms with Crippen molar-refractivity contribution in [2.75, 3.05) is 12.4 Å². The normalized spacial score (nSPS) is 10.6. The number of rotatable bonds is 7. The van der Waals surface area contributed by atoms with E-state index >= 15 is 0 Å². The third kappa shape index (κ3) is 4.33. The molecule has 0 unspecified atom stereocenters. The predicted octanol–water partition coefficient (Wildman–Crippen LogP) is 5.08. The van der Waals surface area contributed by atoms with Gasteiger partial charge in [-0.1, -0.05) is 62.4 Å². The quantitative estimate of drug-likeness (QED) is 0.635. The molecule has 0 aliphatic heterocycles. The van der Waals surface area contributed by atoms with E-state index in [4.69, 9.17) is 4.74 Å². The van der Waals surface area contributed by atoms with Gasteiger partial charge in [0, 0.05) is 5.56 Å². The van der Waals surface area contributed by atoms with Gasteiger partial charge in [-0.2, -0.15) is 0 Å². The van der Waals surface area contributed by atoms with Crippen molar-refractivity contribution in [1.82, 2.24) is 4.98 Å². The lowest BCUT2D eigenvalue weighted by molar-refractivity contribution is 0.0525. The number of thioether (sulfide) groups is 1. The maximum absolute atomic E-state index is 12.8. The van der Waals surface area contributed by atoms with E-state index in [0.717, 1.165) is 17.5 Å². The maximum Gasteiger partial charge on any atom is 0.340 e. The Morgan fingerprint density at radius 2 is 1.77 bits per heavy atom. The van der Waals surface area contributed by atoms with Gasteiger partial charge >= 0.3 is 5.97 Å². The van der Waals surface area contributed by atoms with Crippen LogP contribution >= 0.6 is 11.8 Å². The highest BCUT2D eigenvalue weighted by Gasteiger charge is 2.27. The van der Waals surface area contributed by atoms with Gasteiger partial charge in [0.25, 0.3) is 0 Å². The molecule has 1 heterocycles. The Kier molecular flexibility index (Phi) is 7.39. The van der Waals surface area contributed by atoms with Gasteiger partial charge in [-0.25, -0.2) is 4.79 Å². The minimum Gasteiger partial charge on any atom is -0.462 e. The fourth-order valence-electron chi connectivity index (χ4n) is 2.97. The zero-order chi connectivity index (χ0) is 19.1. The van der Waals surface area contributed by atoms with E-state index in [2.05, 4.69) is 4.98 Å². The van der Waals surface area contributed by atoms with E-state index in [1.807, 2.05) is 51.1 Å². The molecule has 0 amide bonds. The second kappa shape index (κ2) is 9.53. The van der Waals surface area contributed by atoms with Crippen molar-refractivity contribution >= 4 is 22.8 Å². The number of ether oxygens (including phenoxy) is 1. The van der Waals surface area contributed by atoms with Crippen LogP contribution in [0.25, 0.3) is 11.3 Å². The summed E-state index contributed by atoms with van der Waals surface area (Å²) in [5, 5.41) is -0.0360. The molecule has 2 aromatic rings. The Morgan fingerprint density at radius 3 is 2.35 bits per heavy atom. The van der Waals surface area contributed by atoms with E-state index in [1.54, 1.807) is 6.92 Å². The first-order chi connectivity index (χ1) is 12.5. The van der Waals surface area contributed by atoms with Gasteiger partial charge in [0.1, 0.15) is 0 Å². The lowest BCUT2D eigenvalue weighted by Gasteiger charge is -2.18. The molecular formula is C21H25NO3S. The first-order valence-electron chi connectivity index (χ1n) is 8.98. The van der Waals surface area contributed by atoms with Gasteiger partial charge in [-0.3, -0.25) is 9.78 Å². The van der Waals surface area contributed by atoms with Crippen LogP contribution in [-0.4, -0.2) is 28.4 Å². The van der Waals surface area contributed by atoms with Crippen LogP contribution in [0.3, 0.4) is 0 Å². The van der Waals surface area contributed by atoms with Crippen LogP contribution in [0.5, 0.6) is 0 Å². The van der Waals surface area contributed by atoms with E-state index in [1.165, 1.54) is 11.8 Å². The maximum atomic E-state index is 12.8. The third-order valence-electron chi connectivity index (χ3n) is 3.99. The lowest BCUT2D eigenvalue weighted by atomic mass is 9.93. The summed E-state index contributed by atoms with van der Waals surface area (Å²) in [5.74, 6) is 0.261. The minimum atomic E-state index is -0.419. The summed E-state index contributed by atoms with van der Waals surface area (Å²) in [6.45, 7) is 7.87. The zero-order valence-corrected chi connectivity index (χ0v) is 16.6. The average Bonchev–Trinajstić information content (AvgIpc) is 2.62. The standard InChI is InChI=1S/C21H25NO3S/c1-5-11-16-17(21(24)26-7-3)14(4)22-19(15-12-9-8-10-13-15)18(16)20(23)25-6-2/h8-10,12-13H,5-7,11H2,1-4H3. The largest absolute Gasteiger partial charge is 0.462 e. The molecule has 0 aliphatic rings. The molecule has 0 atom stereocenters. The van der Waals surface area contributed by atoms with Crippen molar-refractivity contribution in [3.63, 3.8) is 0 Å². The Balaban J connectivity index is 2.81. The van der Waals surface area contributed by atoms with Crippen LogP contribution < -0.4 is 0 Å². The van der Waals surface area contributed by atoms with E-state index in [0.29, 0.717) is 34.7 Å². The molecule has 4 nitrogen and oxygen atoms in total. The molecule has 138 valence electrons. The first kappa shape index (κ1) is 20.2. The van der Waals surface area contributed by atoms with Gasteiger partial charge in [-0.15, -0.1) is 0 Å². The fraction of sp³-hybridized carbons (Fsp3) is 0.381. The molecule has 0 saturated carbocycles. The molecule has 0 radical (unpaired) electrons. The number of hydrogen-bond donors (Lipinski definition) is 0. The molecule has 1 aromatic heterocycles. The molecule has 2 rings (SSSR count). The number of aromatic nitrogens is 1. The molecule has 0 spiro atoms. The summed E-state index contributed by atoms with van der Waals surface area (Å²) in [6, 6.07) is 9.58. The third-order valence-corrected chi connectivity index (χ3v) is 4.74. The number of nitrogens with zero attached hydrogens (tertiary/aromatic N) is 1. The van der Waals surface area contributed by atoms with Crippen LogP contribution in [0.4, 0.5) is 0 Å². The molecule has 0 fully saturated rings. The van der Waals surface area contributed by atoms with E-state index in [9.17, 15) is 9.59 Å². The predicted molar refractivity (Wildman–Crippen MR) is 107 cm³/mol. The molecule has 0 aliphatic carbocycles. The molecule has 0 saturated heterocycles. The zero-order valence-electron chi connectivity index (χ0n) is 15.8. The minimum absolute atomic E-state index is 0.0360. The van der Waals surface area contributed by atoms with Crippen LogP contribution in [0.1, 0.15) is 59.2 Å². The van der Waals surface area contributed by atoms with Crippen LogP contribution in [0.15, 0.2) is 30.3 Å². The van der Waals surface area contributed by atoms with E-state index in [-0.39, 0.29) is 11.7 Å². The highest BCUT2D eigenvalue weighted by atomic mass is 32.2. The number of esters is 1. The number of hydrogen-bond acceptors (Lipinski definition) is 5.